The van der Waals surface area contributed by atoms with Crippen LogP contribution in [0.2, 0.25) is 0 Å². The van der Waals surface area contributed by atoms with E-state index in [9.17, 15) is 4.79 Å². The third-order valence-corrected chi connectivity index (χ3v) is 2.27. The molecule has 0 saturated carbocycles. The van der Waals surface area contributed by atoms with Gasteiger partial charge in [-0.05, 0) is 17.7 Å². The van der Waals surface area contributed by atoms with Crippen molar-refractivity contribution in [3.8, 4) is 0 Å². The molecule has 3 heteroatoms. The minimum absolute atomic E-state index is 0.224. The van der Waals surface area contributed by atoms with Crippen LogP contribution in [0.4, 0.5) is 0 Å². The summed E-state index contributed by atoms with van der Waals surface area (Å²) in [4.78, 5) is 10.8. The van der Waals surface area contributed by atoms with Crippen LogP contribution in [0.1, 0.15) is 28.4 Å². The average Bonchev–Trinajstić information content (AvgIpc) is 2.02. The Morgan fingerprint density at radius 2 is 2.00 bits per heavy atom. The van der Waals surface area contributed by atoms with Crippen molar-refractivity contribution in [3.63, 3.8) is 0 Å². The molecular formula is C10H11NO2. The summed E-state index contributed by atoms with van der Waals surface area (Å²) in [5.74, 6) is -0.388. The summed E-state index contributed by atoms with van der Waals surface area (Å²) in [6.45, 7) is 0.836. The molecule has 68 valence electrons. The fraction of sp³-hybridized carbons (Fsp3) is 0.300. The van der Waals surface area contributed by atoms with Crippen LogP contribution in [0, 0.1) is 0 Å². The van der Waals surface area contributed by atoms with Crippen molar-refractivity contribution in [1.29, 1.82) is 0 Å². The van der Waals surface area contributed by atoms with Gasteiger partial charge in [0.1, 0.15) is 0 Å². The van der Waals surface area contributed by atoms with Crippen LogP contribution >= 0.6 is 0 Å². The molecule has 2 rings (SSSR count). The molecule has 3 nitrogen and oxygen atoms in total. The standard InChI is InChI=1S/C10H11NO2/c11-10(12)8-3-1-7(2-4-8)9-5-6-13-9/h1-4,9H,5-6H2,(H2,11,12). The first-order valence-electron chi connectivity index (χ1n) is 4.29. The van der Waals surface area contributed by atoms with Gasteiger partial charge in [0.05, 0.1) is 12.7 Å². The third kappa shape index (κ3) is 1.55. The Morgan fingerprint density at radius 3 is 2.38 bits per heavy atom. The van der Waals surface area contributed by atoms with Crippen LogP contribution in [0.3, 0.4) is 0 Å². The Labute approximate surface area is 76.5 Å². The largest absolute Gasteiger partial charge is 0.373 e. The number of carbonyl (C=O) groups excluding carboxylic acids is 1. The molecule has 1 amide bonds. The molecule has 1 atom stereocenters. The smallest absolute Gasteiger partial charge is 0.248 e. The zero-order valence-corrected chi connectivity index (χ0v) is 7.19. The van der Waals surface area contributed by atoms with Crippen LogP contribution in [0.25, 0.3) is 0 Å². The van der Waals surface area contributed by atoms with Crippen LogP contribution < -0.4 is 5.73 Å². The van der Waals surface area contributed by atoms with Gasteiger partial charge in [0.2, 0.25) is 5.91 Å². The van der Waals surface area contributed by atoms with E-state index in [0.717, 1.165) is 18.6 Å². The van der Waals surface area contributed by atoms with Crippen molar-refractivity contribution in [2.24, 2.45) is 5.73 Å². The van der Waals surface area contributed by atoms with Gasteiger partial charge >= 0.3 is 0 Å². The summed E-state index contributed by atoms with van der Waals surface area (Å²) >= 11 is 0. The number of amides is 1. The van der Waals surface area contributed by atoms with Gasteiger partial charge in [0.15, 0.2) is 0 Å². The van der Waals surface area contributed by atoms with Crippen LogP contribution in [0.5, 0.6) is 0 Å². The lowest BCUT2D eigenvalue weighted by Gasteiger charge is -2.26. The molecule has 0 aromatic heterocycles. The van der Waals surface area contributed by atoms with Crippen molar-refractivity contribution in [2.45, 2.75) is 12.5 Å². The van der Waals surface area contributed by atoms with E-state index in [-0.39, 0.29) is 12.0 Å². The van der Waals surface area contributed by atoms with E-state index in [1.165, 1.54) is 0 Å². The molecule has 1 saturated heterocycles. The van der Waals surface area contributed by atoms with E-state index in [4.69, 9.17) is 10.5 Å². The normalized spacial score (nSPS) is 20.8. The highest BCUT2D eigenvalue weighted by Crippen LogP contribution is 2.28. The number of ether oxygens (including phenoxy) is 1. The van der Waals surface area contributed by atoms with Gasteiger partial charge in [0, 0.05) is 12.0 Å². The summed E-state index contributed by atoms with van der Waals surface area (Å²) in [6.07, 6.45) is 1.29. The Kier molecular flexibility index (Phi) is 2.02. The van der Waals surface area contributed by atoms with E-state index in [1.54, 1.807) is 12.1 Å². The Bertz CT molecular complexity index is 314. The predicted octanol–water partition coefficient (Wildman–Crippen LogP) is 1.25. The molecular weight excluding hydrogens is 166 g/mol. The molecule has 0 spiro atoms. The van der Waals surface area contributed by atoms with Gasteiger partial charge in [0.25, 0.3) is 0 Å². The summed E-state index contributed by atoms with van der Waals surface area (Å²) in [5.41, 5.74) is 6.78. The van der Waals surface area contributed by atoms with E-state index in [0.29, 0.717) is 5.56 Å². The Balaban J connectivity index is 2.17. The maximum absolute atomic E-state index is 10.8. The molecule has 1 aliphatic heterocycles. The lowest BCUT2D eigenvalue weighted by atomic mass is 10.0. The number of hydrogen-bond donors (Lipinski definition) is 1. The van der Waals surface area contributed by atoms with Crippen molar-refractivity contribution in [2.75, 3.05) is 6.61 Å². The number of primary amides is 1. The summed E-state index contributed by atoms with van der Waals surface area (Å²) in [5, 5.41) is 0. The molecule has 0 aliphatic carbocycles. The summed E-state index contributed by atoms with van der Waals surface area (Å²) in [6, 6.07) is 7.26. The van der Waals surface area contributed by atoms with E-state index in [2.05, 4.69) is 0 Å². The number of rotatable bonds is 2. The van der Waals surface area contributed by atoms with Crippen molar-refractivity contribution >= 4 is 5.91 Å². The van der Waals surface area contributed by atoms with Crippen molar-refractivity contribution in [3.05, 3.63) is 35.4 Å². The lowest BCUT2D eigenvalue weighted by molar-refractivity contribution is -0.0527. The topological polar surface area (TPSA) is 52.3 Å². The van der Waals surface area contributed by atoms with E-state index in [1.807, 2.05) is 12.1 Å². The SMILES string of the molecule is NC(=O)c1ccc(C2CCO2)cc1. The fourth-order valence-electron chi connectivity index (χ4n) is 1.36. The quantitative estimate of drug-likeness (QED) is 0.739. The molecule has 13 heavy (non-hydrogen) atoms. The zero-order chi connectivity index (χ0) is 9.26. The number of benzene rings is 1. The molecule has 0 bridgehead atoms. The highest BCUT2D eigenvalue weighted by atomic mass is 16.5. The number of nitrogens with two attached hydrogens (primary N) is 1. The Hall–Kier alpha value is -1.35. The van der Waals surface area contributed by atoms with Crippen LogP contribution in [-0.2, 0) is 4.74 Å². The van der Waals surface area contributed by atoms with Gasteiger partial charge < -0.3 is 10.5 Å². The molecule has 1 fully saturated rings. The first kappa shape index (κ1) is 8.26. The van der Waals surface area contributed by atoms with E-state index >= 15 is 0 Å². The summed E-state index contributed by atoms with van der Waals surface area (Å²) < 4.78 is 5.30. The highest BCUT2D eigenvalue weighted by Gasteiger charge is 2.19. The highest BCUT2D eigenvalue weighted by molar-refractivity contribution is 5.92. The second-order valence-corrected chi connectivity index (χ2v) is 3.13. The minimum Gasteiger partial charge on any atom is -0.373 e. The molecule has 0 radical (unpaired) electrons. The summed E-state index contributed by atoms with van der Waals surface area (Å²) in [7, 11) is 0. The number of carbonyl (C=O) groups is 1. The number of hydrogen-bond acceptors (Lipinski definition) is 2. The Morgan fingerprint density at radius 1 is 1.38 bits per heavy atom. The van der Waals surface area contributed by atoms with Gasteiger partial charge in [-0.1, -0.05) is 12.1 Å². The molecule has 1 aromatic rings. The van der Waals surface area contributed by atoms with Gasteiger partial charge in [-0.25, -0.2) is 0 Å². The molecule has 1 aliphatic rings. The van der Waals surface area contributed by atoms with Gasteiger partial charge in [-0.2, -0.15) is 0 Å². The van der Waals surface area contributed by atoms with E-state index < -0.39 is 0 Å². The van der Waals surface area contributed by atoms with Gasteiger partial charge in [-0.3, -0.25) is 4.79 Å². The van der Waals surface area contributed by atoms with Crippen molar-refractivity contribution in [1.82, 2.24) is 0 Å². The molecule has 2 N–H and O–H groups in total. The monoisotopic (exact) mass is 177 g/mol. The minimum atomic E-state index is -0.388. The maximum atomic E-state index is 10.8. The molecule has 1 heterocycles. The fourth-order valence-corrected chi connectivity index (χ4v) is 1.36. The average molecular weight is 177 g/mol. The second kappa shape index (κ2) is 3.18. The second-order valence-electron chi connectivity index (χ2n) is 3.13. The zero-order valence-electron chi connectivity index (χ0n) is 7.19. The molecule has 1 unspecified atom stereocenters. The van der Waals surface area contributed by atoms with Crippen LogP contribution in [-0.4, -0.2) is 12.5 Å². The third-order valence-electron chi connectivity index (χ3n) is 2.27. The first-order valence-corrected chi connectivity index (χ1v) is 4.29. The van der Waals surface area contributed by atoms with Crippen molar-refractivity contribution < 1.29 is 9.53 Å². The van der Waals surface area contributed by atoms with Gasteiger partial charge in [-0.15, -0.1) is 0 Å². The lowest BCUT2D eigenvalue weighted by Crippen LogP contribution is -2.18. The molecule has 1 aromatic carbocycles. The van der Waals surface area contributed by atoms with Crippen LogP contribution in [0.15, 0.2) is 24.3 Å². The predicted molar refractivity (Wildman–Crippen MR) is 48.3 cm³/mol. The maximum Gasteiger partial charge on any atom is 0.248 e. The first-order chi connectivity index (χ1) is 6.27.